The molecule has 2 heterocycles. The van der Waals surface area contributed by atoms with E-state index in [0.29, 0.717) is 46.7 Å². The molecular formula is C22H28MgN4O4. The zero-order chi connectivity index (χ0) is 21.9. The van der Waals surface area contributed by atoms with Gasteiger partial charge in [-0.15, -0.1) is 0 Å². The summed E-state index contributed by atoms with van der Waals surface area (Å²) in [5.41, 5.74) is 2.58. The summed E-state index contributed by atoms with van der Waals surface area (Å²) in [6.45, 7) is 4.01. The van der Waals surface area contributed by atoms with Gasteiger partial charge in [-0.1, -0.05) is 24.3 Å². The minimum Gasteiger partial charge on any atom is -0.871 e. The van der Waals surface area contributed by atoms with Crippen LogP contribution >= 0.6 is 0 Å². The van der Waals surface area contributed by atoms with Crippen LogP contribution in [0.1, 0.15) is 59.3 Å². The smallest absolute Gasteiger partial charge is 0.871 e. The van der Waals surface area contributed by atoms with Crippen molar-refractivity contribution in [3.05, 3.63) is 46.0 Å². The minimum atomic E-state index is -0.239. The maximum Gasteiger partial charge on any atom is 2.00 e. The van der Waals surface area contributed by atoms with Gasteiger partial charge in [-0.2, -0.15) is 0 Å². The van der Waals surface area contributed by atoms with Crippen LogP contribution < -0.4 is 10.2 Å². The number of aliphatic hydroxyl groups excluding tert-OH is 2. The number of aryl methyl sites for hydroxylation is 2. The molecule has 0 aliphatic carbocycles. The molecule has 0 aliphatic rings. The van der Waals surface area contributed by atoms with Gasteiger partial charge in [0.05, 0.1) is 13.2 Å². The van der Waals surface area contributed by atoms with Gasteiger partial charge < -0.3 is 20.4 Å². The Morgan fingerprint density at radius 1 is 0.774 bits per heavy atom. The van der Waals surface area contributed by atoms with Gasteiger partial charge in [0.15, 0.2) is 0 Å². The molecule has 162 valence electrons. The molecule has 9 heteroatoms. The van der Waals surface area contributed by atoms with Crippen LogP contribution in [0.25, 0.3) is 0 Å². The number of unbranched alkanes of at least 4 members (excludes halogenated alkanes) is 3. The van der Waals surface area contributed by atoms with Crippen molar-refractivity contribution in [3.8, 4) is 11.5 Å². The molecule has 0 spiro atoms. The topological polar surface area (TPSA) is 137 Å². The molecule has 0 aliphatic heterocycles. The fraction of sp³-hybridized carbons (Fsp3) is 0.455. The van der Waals surface area contributed by atoms with Crippen LogP contribution in [0.3, 0.4) is 0 Å². The average Bonchev–Trinajstić information content (AvgIpc) is 2.75. The summed E-state index contributed by atoms with van der Waals surface area (Å²) in [7, 11) is 0. The van der Waals surface area contributed by atoms with Crippen molar-refractivity contribution in [3.63, 3.8) is 0 Å². The number of pyridine rings is 2. The van der Waals surface area contributed by atoms with Crippen molar-refractivity contribution in [2.75, 3.05) is 13.1 Å². The first kappa shape index (κ1) is 27.0. The zero-order valence-corrected chi connectivity index (χ0v) is 19.6. The number of hydrogen-bond acceptors (Lipinski definition) is 8. The predicted molar refractivity (Wildman–Crippen MR) is 118 cm³/mol. The summed E-state index contributed by atoms with van der Waals surface area (Å²) in [4.78, 5) is 16.5. The van der Waals surface area contributed by atoms with Crippen molar-refractivity contribution in [1.29, 1.82) is 0 Å². The summed E-state index contributed by atoms with van der Waals surface area (Å²) in [5.74, 6) is -0.392. The molecule has 0 radical (unpaired) electrons. The molecule has 0 bridgehead atoms. The molecule has 0 aromatic carbocycles. The number of aliphatic imine (C=N–C) groups is 2. The SMILES string of the molecule is Cc1ncc(CO)c(C=NCCCCCCN=Cc2c(CO)cnc(C)c2[O-])c1[O-].[Mg+2]. The van der Waals surface area contributed by atoms with E-state index in [1.54, 1.807) is 13.8 Å². The van der Waals surface area contributed by atoms with Crippen molar-refractivity contribution in [2.24, 2.45) is 9.98 Å². The van der Waals surface area contributed by atoms with E-state index in [-0.39, 0.29) is 47.8 Å². The van der Waals surface area contributed by atoms with Gasteiger partial charge in [0.1, 0.15) is 0 Å². The van der Waals surface area contributed by atoms with Crippen LogP contribution in [-0.2, 0) is 13.2 Å². The quantitative estimate of drug-likeness (QED) is 0.305. The zero-order valence-electron chi connectivity index (χ0n) is 18.2. The second kappa shape index (κ2) is 14.1. The number of hydrogen-bond donors (Lipinski definition) is 2. The Balaban J connectivity index is 0.00000480. The summed E-state index contributed by atoms with van der Waals surface area (Å²) in [6.07, 6.45) is 9.79. The molecule has 31 heavy (non-hydrogen) atoms. The molecule has 2 aromatic heterocycles. The van der Waals surface area contributed by atoms with Crippen LogP contribution in [-0.4, -0.2) is 68.8 Å². The molecule has 0 saturated carbocycles. The third-order valence-corrected chi connectivity index (χ3v) is 4.77. The molecule has 2 N–H and O–H groups in total. The first-order chi connectivity index (χ1) is 14.5. The van der Waals surface area contributed by atoms with Crippen molar-refractivity contribution >= 4 is 35.5 Å². The number of nitrogens with zero attached hydrogens (tertiary/aromatic N) is 4. The van der Waals surface area contributed by atoms with Crippen molar-refractivity contribution < 1.29 is 20.4 Å². The van der Waals surface area contributed by atoms with E-state index in [0.717, 1.165) is 25.7 Å². The third-order valence-electron chi connectivity index (χ3n) is 4.77. The van der Waals surface area contributed by atoms with E-state index >= 15 is 0 Å². The molecular weight excluding hydrogens is 409 g/mol. The number of rotatable bonds is 11. The maximum atomic E-state index is 12.1. The Morgan fingerprint density at radius 3 is 1.52 bits per heavy atom. The van der Waals surface area contributed by atoms with Crippen LogP contribution in [0, 0.1) is 13.8 Å². The van der Waals surface area contributed by atoms with Crippen LogP contribution in [0.4, 0.5) is 0 Å². The van der Waals surface area contributed by atoms with Crippen LogP contribution in [0.5, 0.6) is 11.5 Å². The predicted octanol–water partition coefficient (Wildman–Crippen LogP) is 0.943. The molecule has 0 unspecified atom stereocenters. The third kappa shape index (κ3) is 7.84. The van der Waals surface area contributed by atoms with Gasteiger partial charge in [0.25, 0.3) is 0 Å². The summed E-state index contributed by atoms with van der Waals surface area (Å²) in [5, 5.41) is 42.8. The molecule has 8 nitrogen and oxygen atoms in total. The Hall–Kier alpha value is -2.07. The largest absolute Gasteiger partial charge is 2.00 e. The van der Waals surface area contributed by atoms with E-state index in [1.165, 1.54) is 24.8 Å². The minimum absolute atomic E-state index is 0. The molecule has 0 atom stereocenters. The fourth-order valence-electron chi connectivity index (χ4n) is 2.89. The van der Waals surface area contributed by atoms with E-state index in [9.17, 15) is 20.4 Å². The van der Waals surface area contributed by atoms with Gasteiger partial charge in [-0.3, -0.25) is 20.0 Å². The van der Waals surface area contributed by atoms with Gasteiger partial charge in [-0.25, -0.2) is 0 Å². The maximum absolute atomic E-state index is 12.1. The fourth-order valence-corrected chi connectivity index (χ4v) is 2.89. The molecule has 2 aromatic rings. The van der Waals surface area contributed by atoms with Crippen LogP contribution in [0.15, 0.2) is 22.4 Å². The molecule has 0 amide bonds. The monoisotopic (exact) mass is 436 g/mol. The first-order valence-electron chi connectivity index (χ1n) is 10.0. The van der Waals surface area contributed by atoms with E-state index in [1.807, 2.05) is 0 Å². The van der Waals surface area contributed by atoms with E-state index in [2.05, 4.69) is 20.0 Å². The average molecular weight is 437 g/mol. The molecule has 0 fully saturated rings. The second-order valence-corrected chi connectivity index (χ2v) is 7.02. The standard InChI is InChI=1S/C22H30N4O4.Mg/c1-15-21(29)19(17(13-27)9-25-15)11-23-7-5-3-4-6-8-24-12-20-18(14-28)10-26-16(2)22(20)30;/h9-12,27-30H,3-8,13-14H2,1-2H3;/q;+2/p-2. The molecule has 0 saturated heterocycles. The first-order valence-corrected chi connectivity index (χ1v) is 10.0. The Kier molecular flexibility index (Phi) is 12.2. The Bertz CT molecular complexity index is 830. The van der Waals surface area contributed by atoms with E-state index < -0.39 is 0 Å². The number of aliphatic hydroxyl groups is 2. The second-order valence-electron chi connectivity index (χ2n) is 7.02. The number of aromatic nitrogens is 2. The Morgan fingerprint density at radius 2 is 1.16 bits per heavy atom. The van der Waals surface area contributed by atoms with Gasteiger partial charge in [-0.05, 0) is 37.8 Å². The van der Waals surface area contributed by atoms with Crippen molar-refractivity contribution in [1.82, 2.24) is 9.97 Å². The molecule has 2 rings (SSSR count). The van der Waals surface area contributed by atoms with Gasteiger partial charge >= 0.3 is 23.1 Å². The van der Waals surface area contributed by atoms with Gasteiger partial charge in [0.2, 0.25) is 0 Å². The van der Waals surface area contributed by atoms with Crippen molar-refractivity contribution in [2.45, 2.75) is 52.7 Å². The van der Waals surface area contributed by atoms with E-state index in [4.69, 9.17) is 0 Å². The van der Waals surface area contributed by atoms with Crippen LogP contribution in [0.2, 0.25) is 0 Å². The Labute approximate surface area is 199 Å². The summed E-state index contributed by atoms with van der Waals surface area (Å²) >= 11 is 0. The normalized spacial score (nSPS) is 11.4. The summed E-state index contributed by atoms with van der Waals surface area (Å²) < 4.78 is 0. The summed E-state index contributed by atoms with van der Waals surface area (Å²) in [6, 6.07) is 0. The van der Waals surface area contributed by atoms with Gasteiger partial charge in [0, 0.05) is 60.4 Å².